The molecule has 0 saturated heterocycles. The van der Waals surface area contributed by atoms with Gasteiger partial charge < -0.3 is 11.0 Å². The Hall–Kier alpha value is -1.80. The Bertz CT molecular complexity index is 1250. The minimum atomic E-state index is -0.250. The fourth-order valence-corrected chi connectivity index (χ4v) is 11.3. The molecular weight excluding hydrogens is 580 g/mol. The molecule has 0 fully saturated rings. The summed E-state index contributed by atoms with van der Waals surface area (Å²) >= 11 is 3.64. The zero-order chi connectivity index (χ0) is 27.2. The van der Waals surface area contributed by atoms with Crippen LogP contribution in [0.25, 0.3) is 22.3 Å². The quantitative estimate of drug-likeness (QED) is 0.112. The van der Waals surface area contributed by atoms with E-state index in [4.69, 9.17) is 21.5 Å². The Kier molecular flexibility index (Phi) is 13.8. The standard InChI is InChI=1S/C27H18N2S2.CH10N2P4/c28-17-20-1-5-22(6-2-20)24-9-13-26(14-10-24)30-19-31-27-15-11-25(12-16-27)23-7-3-21(18-29)4-8-23;2-6-5-1-7(3)4/h1-16H,19H2;5-6H,1-4H2. The van der Waals surface area contributed by atoms with Crippen molar-refractivity contribution in [2.75, 3.05) is 11.0 Å². The molecule has 4 unspecified atom stereocenters. The molecule has 4 aromatic rings. The van der Waals surface area contributed by atoms with Crippen LogP contribution in [-0.4, -0.2) is 11.0 Å². The van der Waals surface area contributed by atoms with Gasteiger partial charge in [-0.25, -0.2) is 0 Å². The SMILES string of the molecule is N#Cc1ccc(-c2ccc(SCSc3ccc(-c4ccc(C#N)cc4)cc3)cc2)cc1.NPPCP(N)P. The number of nitrogens with two attached hydrogens (primary N) is 2. The zero-order valence-corrected chi connectivity index (χ0v) is 26.2. The normalized spacial score (nSPS) is 11.6. The Morgan fingerprint density at radius 1 is 0.658 bits per heavy atom. The number of benzene rings is 4. The van der Waals surface area contributed by atoms with Gasteiger partial charge in [0.1, 0.15) is 0 Å². The van der Waals surface area contributed by atoms with E-state index in [1.807, 2.05) is 72.1 Å². The van der Waals surface area contributed by atoms with Gasteiger partial charge in [0, 0.05) is 20.8 Å². The Morgan fingerprint density at radius 3 is 1.26 bits per heavy atom. The van der Waals surface area contributed by atoms with Crippen LogP contribution in [0.4, 0.5) is 0 Å². The molecule has 0 spiro atoms. The summed E-state index contributed by atoms with van der Waals surface area (Å²) in [5.74, 6) is 1.12. The zero-order valence-electron chi connectivity index (χ0n) is 20.5. The predicted octanol–water partition coefficient (Wildman–Crippen LogP) is 8.84. The van der Waals surface area contributed by atoms with Crippen molar-refractivity contribution in [1.29, 1.82) is 10.5 Å². The van der Waals surface area contributed by atoms with Crippen LogP contribution in [-0.2, 0) is 0 Å². The fraction of sp³-hybridized carbons (Fsp3) is 0.0714. The van der Waals surface area contributed by atoms with Crippen molar-refractivity contribution < 1.29 is 0 Å². The molecule has 0 aromatic heterocycles. The molecule has 38 heavy (non-hydrogen) atoms. The summed E-state index contributed by atoms with van der Waals surface area (Å²) in [4.78, 5) is 2.47. The van der Waals surface area contributed by atoms with Crippen LogP contribution >= 0.6 is 56.9 Å². The van der Waals surface area contributed by atoms with Gasteiger partial charge in [-0.15, -0.1) is 23.5 Å². The van der Waals surface area contributed by atoms with E-state index >= 15 is 0 Å². The molecule has 4 atom stereocenters. The van der Waals surface area contributed by atoms with E-state index in [1.165, 1.54) is 9.79 Å². The van der Waals surface area contributed by atoms with Gasteiger partial charge in [-0.05, 0) is 87.0 Å². The third-order valence-corrected chi connectivity index (χ3v) is 13.3. The molecule has 0 heterocycles. The van der Waals surface area contributed by atoms with E-state index in [2.05, 4.69) is 69.6 Å². The Morgan fingerprint density at radius 2 is 1.00 bits per heavy atom. The van der Waals surface area contributed by atoms with Crippen molar-refractivity contribution >= 4 is 56.9 Å². The van der Waals surface area contributed by atoms with E-state index in [0.29, 0.717) is 19.5 Å². The second kappa shape index (κ2) is 17.0. The highest BCUT2D eigenvalue weighted by Gasteiger charge is 2.02. The highest BCUT2D eigenvalue weighted by atomic mass is 32.2. The van der Waals surface area contributed by atoms with E-state index in [1.54, 1.807) is 0 Å². The van der Waals surface area contributed by atoms with Crippen LogP contribution < -0.4 is 11.0 Å². The van der Waals surface area contributed by atoms with Crippen molar-refractivity contribution in [3.8, 4) is 34.4 Å². The maximum Gasteiger partial charge on any atom is 0.0991 e. The third kappa shape index (κ3) is 10.4. The van der Waals surface area contributed by atoms with Gasteiger partial charge in [0.15, 0.2) is 0 Å². The predicted molar refractivity (Wildman–Crippen MR) is 176 cm³/mol. The van der Waals surface area contributed by atoms with Gasteiger partial charge in [-0.1, -0.05) is 65.7 Å². The van der Waals surface area contributed by atoms with Gasteiger partial charge in [0.2, 0.25) is 0 Å². The monoisotopic (exact) mass is 608 g/mol. The van der Waals surface area contributed by atoms with Crippen molar-refractivity contribution in [2.45, 2.75) is 9.79 Å². The van der Waals surface area contributed by atoms with Gasteiger partial charge in [-0.3, -0.25) is 0 Å². The lowest BCUT2D eigenvalue weighted by atomic mass is 10.0. The lowest BCUT2D eigenvalue weighted by molar-refractivity contribution is 1.44. The molecule has 0 aliphatic carbocycles. The molecule has 0 saturated carbocycles. The highest BCUT2D eigenvalue weighted by Crippen LogP contribution is 2.46. The van der Waals surface area contributed by atoms with Crippen LogP contribution in [0.5, 0.6) is 0 Å². The summed E-state index contributed by atoms with van der Waals surface area (Å²) in [5, 5.41) is 18.8. The average Bonchev–Trinajstić information content (AvgIpc) is 2.97. The second-order valence-electron chi connectivity index (χ2n) is 7.83. The van der Waals surface area contributed by atoms with Gasteiger partial charge >= 0.3 is 0 Å². The molecule has 4 N–H and O–H groups in total. The number of rotatable bonds is 9. The first-order valence-corrected chi connectivity index (χ1v) is 19.9. The molecule has 0 amide bonds. The first-order valence-electron chi connectivity index (χ1n) is 11.4. The minimum absolute atomic E-state index is 0.250. The molecule has 0 aliphatic heterocycles. The third-order valence-electron chi connectivity index (χ3n) is 5.22. The van der Waals surface area contributed by atoms with Crippen LogP contribution in [0, 0.1) is 22.7 Å². The number of nitrogens with zero attached hydrogens (tertiary/aromatic N) is 2. The Balaban J connectivity index is 0.000000505. The van der Waals surface area contributed by atoms with Crippen LogP contribution in [0.2, 0.25) is 0 Å². The molecule has 4 nitrogen and oxygen atoms in total. The lowest BCUT2D eigenvalue weighted by Crippen LogP contribution is -1.81. The molecule has 10 heteroatoms. The molecular formula is C28H28N4P4S2. The first kappa shape index (κ1) is 30.7. The topological polar surface area (TPSA) is 99.6 Å². The minimum Gasteiger partial charge on any atom is -0.309 e. The number of nitriles is 2. The smallest absolute Gasteiger partial charge is 0.0991 e. The summed E-state index contributed by atoms with van der Waals surface area (Å²) in [7, 11) is 3.84. The Labute approximate surface area is 240 Å². The summed E-state index contributed by atoms with van der Waals surface area (Å²) in [6.07, 6.45) is 0. The highest BCUT2D eigenvalue weighted by molar-refractivity contribution is 8.21. The maximum atomic E-state index is 8.92. The molecule has 4 aromatic carbocycles. The number of hydrogen-bond donors (Lipinski definition) is 2. The summed E-state index contributed by atoms with van der Waals surface area (Å²) < 4.78 is 0. The lowest BCUT2D eigenvalue weighted by Gasteiger charge is -2.06. The van der Waals surface area contributed by atoms with Crippen LogP contribution in [0.15, 0.2) is 107 Å². The summed E-state index contributed by atoms with van der Waals surface area (Å²) in [6, 6.07) is 36.7. The summed E-state index contributed by atoms with van der Waals surface area (Å²) in [6.45, 7) is 0. The van der Waals surface area contributed by atoms with Crippen molar-refractivity contribution in [1.82, 2.24) is 0 Å². The largest absolute Gasteiger partial charge is 0.309 e. The number of thioether (sulfide) groups is 2. The molecule has 192 valence electrons. The van der Waals surface area contributed by atoms with Crippen LogP contribution in [0.1, 0.15) is 11.1 Å². The number of hydrogen-bond acceptors (Lipinski definition) is 6. The first-order chi connectivity index (χ1) is 18.5. The van der Waals surface area contributed by atoms with Crippen molar-refractivity contribution in [3.05, 3.63) is 108 Å². The summed E-state index contributed by atoms with van der Waals surface area (Å²) in [5.41, 5.74) is 16.6. The van der Waals surface area contributed by atoms with E-state index < -0.39 is 0 Å². The van der Waals surface area contributed by atoms with Crippen molar-refractivity contribution in [3.63, 3.8) is 0 Å². The van der Waals surface area contributed by atoms with Gasteiger partial charge in [-0.2, -0.15) is 10.5 Å². The fourth-order valence-electron chi connectivity index (χ4n) is 3.26. The average molecular weight is 609 g/mol. The molecule has 4 rings (SSSR count). The van der Waals surface area contributed by atoms with E-state index in [-0.39, 0.29) is 7.76 Å². The van der Waals surface area contributed by atoms with E-state index in [0.717, 1.165) is 41.5 Å². The molecule has 0 bridgehead atoms. The maximum absolute atomic E-state index is 8.92. The van der Waals surface area contributed by atoms with E-state index in [9.17, 15) is 0 Å². The van der Waals surface area contributed by atoms with Crippen LogP contribution in [0.3, 0.4) is 0 Å². The molecule has 0 aliphatic rings. The van der Waals surface area contributed by atoms with Gasteiger partial charge in [0.25, 0.3) is 0 Å². The van der Waals surface area contributed by atoms with Crippen molar-refractivity contribution in [2.24, 2.45) is 11.0 Å². The molecule has 0 radical (unpaired) electrons. The second-order valence-corrected chi connectivity index (χ2v) is 17.1. The van der Waals surface area contributed by atoms with Gasteiger partial charge in [0.05, 0.1) is 23.3 Å².